The highest BCUT2D eigenvalue weighted by Crippen LogP contribution is 2.26. The first-order valence-electron chi connectivity index (χ1n) is 27.2. The Morgan fingerprint density at radius 1 is 0.466 bits per heavy atom. The number of unbranched alkanes of at least 4 members (excludes halogenated alkanes) is 7. The summed E-state index contributed by atoms with van der Waals surface area (Å²) in [6, 6.07) is 0. The number of carbonyl (C=O) groups is 4. The number of esters is 3. The highest BCUT2D eigenvalue weighted by atomic mass is 16.7. The summed E-state index contributed by atoms with van der Waals surface area (Å²) in [5.74, 6) is -3.38. The van der Waals surface area contributed by atoms with E-state index in [0.717, 1.165) is 96.3 Å². The molecule has 0 radical (unpaired) electrons. The number of aliphatic carboxylic acids is 1. The summed E-state index contributed by atoms with van der Waals surface area (Å²) < 4.78 is 28.1. The number of carboxylic acid groups (broad SMARTS) is 1. The van der Waals surface area contributed by atoms with Crippen molar-refractivity contribution < 1.29 is 58.2 Å². The number of carbonyl (C=O) groups excluding carboxylic acids is 3. The lowest BCUT2D eigenvalue weighted by molar-refractivity contribution is -0.301. The third-order valence-electron chi connectivity index (χ3n) is 11.2. The van der Waals surface area contributed by atoms with Crippen LogP contribution in [0.1, 0.15) is 175 Å². The van der Waals surface area contributed by atoms with Gasteiger partial charge in [0.2, 0.25) is 0 Å². The summed E-state index contributed by atoms with van der Waals surface area (Å²) >= 11 is 0. The molecule has 0 spiro atoms. The van der Waals surface area contributed by atoms with E-state index in [0.29, 0.717) is 25.7 Å². The van der Waals surface area contributed by atoms with Gasteiger partial charge in [0.25, 0.3) is 0 Å². The van der Waals surface area contributed by atoms with E-state index >= 15 is 0 Å². The van der Waals surface area contributed by atoms with Gasteiger partial charge in [-0.05, 0) is 103 Å². The molecule has 1 fully saturated rings. The van der Waals surface area contributed by atoms with E-state index in [1.54, 1.807) is 0 Å². The summed E-state index contributed by atoms with van der Waals surface area (Å²) in [5, 5.41) is 31.4. The van der Waals surface area contributed by atoms with E-state index in [2.05, 4.69) is 124 Å². The maximum atomic E-state index is 13.1. The monoisotopic (exact) mass is 1020 g/mol. The van der Waals surface area contributed by atoms with Crippen LogP contribution in [0.25, 0.3) is 0 Å². The highest BCUT2D eigenvalue weighted by molar-refractivity contribution is 5.74. The summed E-state index contributed by atoms with van der Waals surface area (Å²) in [5.41, 5.74) is 0. The van der Waals surface area contributed by atoms with Crippen molar-refractivity contribution in [2.45, 2.75) is 212 Å². The Bertz CT molecular complexity index is 1780. The van der Waals surface area contributed by atoms with Gasteiger partial charge in [0.1, 0.15) is 18.8 Å². The van der Waals surface area contributed by atoms with Crippen molar-refractivity contribution in [3.8, 4) is 0 Å². The molecular formula is C61H92O12. The van der Waals surface area contributed by atoms with Crippen LogP contribution >= 0.6 is 0 Å². The van der Waals surface area contributed by atoms with Gasteiger partial charge in [-0.25, -0.2) is 4.79 Å². The van der Waals surface area contributed by atoms with Gasteiger partial charge in [0.05, 0.1) is 6.61 Å². The number of ether oxygens (including phenoxy) is 5. The van der Waals surface area contributed by atoms with Crippen molar-refractivity contribution in [1.82, 2.24) is 0 Å². The Kier molecular flexibility index (Phi) is 43.2. The lowest BCUT2D eigenvalue weighted by Crippen LogP contribution is -2.61. The first-order valence-corrected chi connectivity index (χ1v) is 27.2. The smallest absolute Gasteiger partial charge is 0.335 e. The molecule has 0 saturated carbocycles. The molecule has 3 N–H and O–H groups in total. The fourth-order valence-electron chi connectivity index (χ4n) is 7.09. The zero-order chi connectivity index (χ0) is 53.3. The molecule has 1 aliphatic rings. The van der Waals surface area contributed by atoms with Gasteiger partial charge in [-0.2, -0.15) is 0 Å². The molecule has 0 aromatic carbocycles. The number of aliphatic hydroxyl groups excluding tert-OH is 2. The van der Waals surface area contributed by atoms with Gasteiger partial charge in [-0.15, -0.1) is 0 Å². The minimum atomic E-state index is -1.94. The van der Waals surface area contributed by atoms with Gasteiger partial charge >= 0.3 is 23.9 Å². The van der Waals surface area contributed by atoms with Crippen LogP contribution in [0.3, 0.4) is 0 Å². The normalized spacial score (nSPS) is 19.4. The van der Waals surface area contributed by atoms with Crippen molar-refractivity contribution in [2.24, 2.45) is 0 Å². The summed E-state index contributed by atoms with van der Waals surface area (Å²) in [7, 11) is 0. The SMILES string of the molecule is CC/C=C\C/C=C\C/C=C\C/C=C\C/C=C\C/C=C\CCC(=O)OC1C(OCC(COC(=O)CC/C=C\C/C=C\C/C=C\C/C=C\CC)OC(=O)CCCCCCC/C=C\CCCC)OC(C(=O)O)C(O)C1O. The molecule has 6 unspecified atom stereocenters. The maximum absolute atomic E-state index is 13.1. The number of rotatable bonds is 43. The number of aliphatic hydroxyl groups is 2. The van der Waals surface area contributed by atoms with Crippen molar-refractivity contribution >= 4 is 23.9 Å². The van der Waals surface area contributed by atoms with Crippen LogP contribution in [-0.2, 0) is 42.9 Å². The predicted molar refractivity (Wildman–Crippen MR) is 293 cm³/mol. The average molecular weight is 1020 g/mol. The molecule has 1 heterocycles. The Hall–Kier alpha value is -5.14. The second kappa shape index (κ2) is 47.8. The Balaban J connectivity index is 2.80. The summed E-state index contributed by atoms with van der Waals surface area (Å²) in [4.78, 5) is 50.8. The molecule has 6 atom stereocenters. The first kappa shape index (κ1) is 65.9. The number of hydrogen-bond donors (Lipinski definition) is 3. The average Bonchev–Trinajstić information content (AvgIpc) is 3.37. The fraction of sp³-hybridized carbons (Fsp3) is 0.574. The van der Waals surface area contributed by atoms with Crippen LogP contribution in [0.2, 0.25) is 0 Å². The molecule has 73 heavy (non-hydrogen) atoms. The maximum Gasteiger partial charge on any atom is 0.335 e. The van der Waals surface area contributed by atoms with E-state index in [1.807, 2.05) is 30.4 Å². The van der Waals surface area contributed by atoms with Crippen LogP contribution in [0.15, 0.2) is 134 Å². The van der Waals surface area contributed by atoms with Crippen molar-refractivity contribution in [2.75, 3.05) is 13.2 Å². The quantitative estimate of drug-likeness (QED) is 0.0228. The van der Waals surface area contributed by atoms with E-state index in [4.69, 9.17) is 23.7 Å². The molecule has 1 rings (SSSR count). The third-order valence-corrected chi connectivity index (χ3v) is 11.2. The Morgan fingerprint density at radius 2 is 0.890 bits per heavy atom. The van der Waals surface area contributed by atoms with E-state index in [-0.39, 0.29) is 25.9 Å². The lowest BCUT2D eigenvalue weighted by atomic mass is 9.98. The minimum absolute atomic E-state index is 0.0796. The largest absolute Gasteiger partial charge is 0.479 e. The molecule has 408 valence electrons. The van der Waals surface area contributed by atoms with Gasteiger partial charge in [-0.1, -0.05) is 187 Å². The van der Waals surface area contributed by atoms with E-state index in [9.17, 15) is 34.5 Å². The zero-order valence-electron chi connectivity index (χ0n) is 44.6. The molecule has 12 heteroatoms. The molecule has 0 amide bonds. The van der Waals surface area contributed by atoms with Gasteiger partial charge in [-0.3, -0.25) is 14.4 Å². The van der Waals surface area contributed by atoms with Crippen molar-refractivity contribution in [3.63, 3.8) is 0 Å². The Labute approximate surface area is 439 Å². The standard InChI is InChI=1S/C61H92O12/c1-4-7-10-13-16-19-22-24-25-26-27-28-29-31-34-37-40-43-46-49-55(64)72-59-57(66)56(65)58(60(67)68)73-61(59)70-51-52(71-54(63)48-45-42-39-36-32-21-18-15-12-9-6-3)50-69-53(62)47-44-41-38-35-33-30-23-20-17-14-11-8-5-2/h7-8,10-11,15-20,24-25,27-28,30-31,33-34,38,40-41,43,52,56-59,61,65-66H,4-6,9,12-14,21-23,26,29,32,35-37,39,42,44-51H2,1-3H3,(H,67,68)/b10-7-,11-8-,18-15-,19-16-,20-17-,25-24-,28-27-,33-30-,34-31-,41-38-,43-40-. The van der Waals surface area contributed by atoms with Gasteiger partial charge < -0.3 is 39.0 Å². The lowest BCUT2D eigenvalue weighted by Gasteiger charge is -2.40. The predicted octanol–water partition coefficient (Wildman–Crippen LogP) is 13.4. The van der Waals surface area contributed by atoms with Crippen LogP contribution in [0.5, 0.6) is 0 Å². The number of carboxylic acids is 1. The van der Waals surface area contributed by atoms with Crippen LogP contribution in [0.4, 0.5) is 0 Å². The Morgan fingerprint density at radius 3 is 1.37 bits per heavy atom. The second-order valence-electron chi connectivity index (χ2n) is 17.7. The molecule has 1 saturated heterocycles. The fourth-order valence-corrected chi connectivity index (χ4v) is 7.09. The van der Waals surface area contributed by atoms with E-state index < -0.39 is 67.3 Å². The molecule has 12 nitrogen and oxygen atoms in total. The molecule has 0 aromatic heterocycles. The number of allylic oxidation sites excluding steroid dienone is 22. The summed E-state index contributed by atoms with van der Waals surface area (Å²) in [6.07, 6.45) is 54.7. The highest BCUT2D eigenvalue weighted by Gasteiger charge is 2.50. The van der Waals surface area contributed by atoms with Crippen LogP contribution in [0, 0.1) is 0 Å². The molecule has 0 aromatic rings. The number of hydrogen-bond acceptors (Lipinski definition) is 11. The molecular weight excluding hydrogens is 925 g/mol. The van der Waals surface area contributed by atoms with E-state index in [1.165, 1.54) is 12.8 Å². The van der Waals surface area contributed by atoms with Crippen LogP contribution in [-0.4, -0.2) is 89.2 Å². The second-order valence-corrected chi connectivity index (χ2v) is 17.7. The van der Waals surface area contributed by atoms with Gasteiger partial charge in [0.15, 0.2) is 24.6 Å². The molecule has 1 aliphatic heterocycles. The van der Waals surface area contributed by atoms with Crippen molar-refractivity contribution in [3.05, 3.63) is 134 Å². The third kappa shape index (κ3) is 38.2. The summed E-state index contributed by atoms with van der Waals surface area (Å²) in [6.45, 7) is 5.58. The zero-order valence-corrected chi connectivity index (χ0v) is 44.6. The van der Waals surface area contributed by atoms with Gasteiger partial charge in [0, 0.05) is 19.3 Å². The minimum Gasteiger partial charge on any atom is -0.479 e. The molecule has 0 aliphatic carbocycles. The van der Waals surface area contributed by atoms with Crippen molar-refractivity contribution in [1.29, 1.82) is 0 Å². The topological polar surface area (TPSA) is 175 Å². The first-order chi connectivity index (χ1) is 35.6. The molecule has 0 bridgehead atoms. The van der Waals surface area contributed by atoms with Crippen LogP contribution < -0.4 is 0 Å².